The van der Waals surface area contributed by atoms with Gasteiger partial charge in [0.25, 0.3) is 0 Å². The van der Waals surface area contributed by atoms with E-state index in [0.29, 0.717) is 18.5 Å². The minimum atomic E-state index is -0.920. The summed E-state index contributed by atoms with van der Waals surface area (Å²) in [5.74, 6) is -2.05. The Labute approximate surface area is 111 Å². The third-order valence-electron chi connectivity index (χ3n) is 2.79. The Hall–Kier alpha value is -1.75. The van der Waals surface area contributed by atoms with Crippen molar-refractivity contribution in [1.29, 1.82) is 0 Å². The van der Waals surface area contributed by atoms with Gasteiger partial charge in [0, 0.05) is 13.1 Å². The van der Waals surface area contributed by atoms with Gasteiger partial charge in [0.2, 0.25) is 5.91 Å². The normalized spacial score (nSPS) is 12.0. The van der Waals surface area contributed by atoms with Crippen molar-refractivity contribution in [2.24, 2.45) is 5.73 Å². The monoisotopic (exact) mass is 268 g/mol. The largest absolute Gasteiger partial charge is 0.337 e. The van der Waals surface area contributed by atoms with Crippen LogP contribution in [0, 0.1) is 11.6 Å². The molecule has 19 heavy (non-hydrogen) atoms. The zero-order chi connectivity index (χ0) is 14.4. The van der Waals surface area contributed by atoms with Gasteiger partial charge >= 0.3 is 0 Å². The van der Waals surface area contributed by atoms with Crippen LogP contribution in [-0.4, -0.2) is 23.4 Å². The lowest BCUT2D eigenvalue weighted by atomic mass is 10.1. The summed E-state index contributed by atoms with van der Waals surface area (Å²) in [5, 5.41) is 0. The van der Waals surface area contributed by atoms with Gasteiger partial charge in [-0.1, -0.05) is 12.1 Å². The third kappa shape index (κ3) is 4.13. The van der Waals surface area contributed by atoms with Gasteiger partial charge in [-0.2, -0.15) is 0 Å². The van der Waals surface area contributed by atoms with Crippen molar-refractivity contribution < 1.29 is 13.6 Å². The van der Waals surface area contributed by atoms with E-state index in [4.69, 9.17) is 5.73 Å². The van der Waals surface area contributed by atoms with Crippen LogP contribution in [0.1, 0.15) is 18.9 Å². The summed E-state index contributed by atoms with van der Waals surface area (Å²) in [6, 6.07) is 2.94. The fourth-order valence-corrected chi connectivity index (χ4v) is 1.72. The molecular formula is C14H18F2N2O. The second-order valence-corrected chi connectivity index (χ2v) is 4.23. The van der Waals surface area contributed by atoms with E-state index >= 15 is 0 Å². The summed E-state index contributed by atoms with van der Waals surface area (Å²) in [4.78, 5) is 13.5. The van der Waals surface area contributed by atoms with Gasteiger partial charge in [0.15, 0.2) is 11.6 Å². The van der Waals surface area contributed by atoms with E-state index in [1.54, 1.807) is 13.0 Å². The van der Waals surface area contributed by atoms with Gasteiger partial charge in [-0.05, 0) is 31.0 Å². The molecule has 0 aromatic heterocycles. The van der Waals surface area contributed by atoms with E-state index in [9.17, 15) is 13.6 Å². The number of rotatable bonds is 6. The fourth-order valence-electron chi connectivity index (χ4n) is 1.72. The first-order chi connectivity index (χ1) is 8.99. The van der Waals surface area contributed by atoms with Gasteiger partial charge < -0.3 is 10.6 Å². The first-order valence-corrected chi connectivity index (χ1v) is 6.08. The molecule has 3 nitrogen and oxygen atoms in total. The second-order valence-electron chi connectivity index (χ2n) is 4.23. The maximum atomic E-state index is 13.1. The fraction of sp³-hybridized carbons (Fsp3) is 0.357. The summed E-state index contributed by atoms with van der Waals surface area (Å²) < 4.78 is 25.9. The van der Waals surface area contributed by atoms with Crippen LogP contribution in [0.2, 0.25) is 0 Å². The molecule has 1 atom stereocenters. The Bertz CT molecular complexity index is 463. The van der Waals surface area contributed by atoms with Crippen molar-refractivity contribution in [3.05, 3.63) is 48.1 Å². The zero-order valence-corrected chi connectivity index (χ0v) is 10.9. The predicted molar refractivity (Wildman–Crippen MR) is 70.2 cm³/mol. The number of carbonyl (C=O) groups excluding carboxylic acids is 1. The molecular weight excluding hydrogens is 250 g/mol. The molecule has 0 aliphatic rings. The van der Waals surface area contributed by atoms with E-state index in [0.717, 1.165) is 12.1 Å². The van der Waals surface area contributed by atoms with Crippen molar-refractivity contribution in [3.8, 4) is 0 Å². The Kier molecular flexibility index (Phi) is 5.63. The Morgan fingerprint density at radius 3 is 2.68 bits per heavy atom. The summed E-state index contributed by atoms with van der Waals surface area (Å²) in [5.41, 5.74) is 6.24. The minimum Gasteiger partial charge on any atom is -0.337 e. The molecule has 2 N–H and O–H groups in total. The third-order valence-corrected chi connectivity index (χ3v) is 2.79. The molecule has 0 bridgehead atoms. The van der Waals surface area contributed by atoms with Crippen LogP contribution >= 0.6 is 0 Å². The highest BCUT2D eigenvalue weighted by Gasteiger charge is 2.19. The molecule has 0 spiro atoms. The van der Waals surface area contributed by atoms with E-state index in [-0.39, 0.29) is 12.5 Å². The zero-order valence-electron chi connectivity index (χ0n) is 10.9. The first kappa shape index (κ1) is 15.3. The van der Waals surface area contributed by atoms with Crippen LogP contribution in [0.4, 0.5) is 8.78 Å². The van der Waals surface area contributed by atoms with Gasteiger partial charge in [-0.25, -0.2) is 8.78 Å². The average molecular weight is 268 g/mol. The van der Waals surface area contributed by atoms with Crippen molar-refractivity contribution in [2.45, 2.75) is 25.9 Å². The number of likely N-dealkylation sites (N-methyl/N-ethyl adjacent to an activating group) is 1. The quantitative estimate of drug-likeness (QED) is 0.804. The number of carbonyl (C=O) groups is 1. The molecule has 0 saturated carbocycles. The number of hydrogen-bond donors (Lipinski definition) is 1. The molecule has 104 valence electrons. The smallest absolute Gasteiger partial charge is 0.240 e. The summed E-state index contributed by atoms with van der Waals surface area (Å²) in [7, 11) is 0. The SMILES string of the molecule is C=CCC(N)C(=O)N(CC)Cc1ccc(F)c(F)c1. The van der Waals surface area contributed by atoms with Crippen molar-refractivity contribution in [1.82, 2.24) is 4.90 Å². The standard InChI is InChI=1S/C14H18F2N2O/c1-3-5-13(17)14(19)18(4-2)9-10-6-7-11(15)12(16)8-10/h3,6-8,13H,1,4-5,9,17H2,2H3. The molecule has 1 rings (SSSR count). The van der Waals surface area contributed by atoms with Gasteiger partial charge in [0.05, 0.1) is 6.04 Å². The van der Waals surface area contributed by atoms with Crippen molar-refractivity contribution in [3.63, 3.8) is 0 Å². The molecule has 0 aliphatic heterocycles. The summed E-state index contributed by atoms with van der Waals surface area (Å²) >= 11 is 0. The molecule has 0 radical (unpaired) electrons. The Morgan fingerprint density at radius 1 is 1.47 bits per heavy atom. The molecule has 0 saturated heterocycles. The lowest BCUT2D eigenvalue weighted by molar-refractivity contribution is -0.132. The van der Waals surface area contributed by atoms with E-state index in [1.807, 2.05) is 0 Å². The van der Waals surface area contributed by atoms with Crippen molar-refractivity contribution in [2.75, 3.05) is 6.54 Å². The highest BCUT2D eigenvalue weighted by molar-refractivity contribution is 5.81. The lowest BCUT2D eigenvalue weighted by Crippen LogP contribution is -2.43. The number of hydrogen-bond acceptors (Lipinski definition) is 2. The summed E-state index contributed by atoms with van der Waals surface area (Å²) in [6.45, 7) is 5.99. The van der Waals surface area contributed by atoms with Crippen LogP contribution in [0.25, 0.3) is 0 Å². The highest BCUT2D eigenvalue weighted by atomic mass is 19.2. The van der Waals surface area contributed by atoms with E-state index in [1.165, 1.54) is 11.0 Å². The van der Waals surface area contributed by atoms with E-state index < -0.39 is 17.7 Å². The molecule has 0 heterocycles. The predicted octanol–water partition coefficient (Wildman–Crippen LogP) is 2.22. The van der Waals surface area contributed by atoms with Crippen LogP contribution < -0.4 is 5.73 Å². The molecule has 1 aromatic rings. The van der Waals surface area contributed by atoms with Crippen LogP contribution in [0.5, 0.6) is 0 Å². The Balaban J connectivity index is 2.78. The molecule has 1 unspecified atom stereocenters. The lowest BCUT2D eigenvalue weighted by Gasteiger charge is -2.24. The topological polar surface area (TPSA) is 46.3 Å². The minimum absolute atomic E-state index is 0.206. The highest BCUT2D eigenvalue weighted by Crippen LogP contribution is 2.12. The van der Waals surface area contributed by atoms with Crippen molar-refractivity contribution >= 4 is 5.91 Å². The second kappa shape index (κ2) is 6.99. The number of benzene rings is 1. The molecule has 1 aromatic carbocycles. The maximum Gasteiger partial charge on any atom is 0.240 e. The maximum absolute atomic E-state index is 13.1. The number of nitrogens with two attached hydrogens (primary N) is 1. The molecule has 0 fully saturated rings. The Morgan fingerprint density at radius 2 is 2.16 bits per heavy atom. The number of amides is 1. The van der Waals surface area contributed by atoms with Gasteiger partial charge in [-0.15, -0.1) is 6.58 Å². The summed E-state index contributed by atoms with van der Waals surface area (Å²) in [6.07, 6.45) is 1.96. The molecule has 1 amide bonds. The number of halogens is 2. The van der Waals surface area contributed by atoms with E-state index in [2.05, 4.69) is 6.58 Å². The number of nitrogens with zero attached hydrogens (tertiary/aromatic N) is 1. The molecule has 0 aliphatic carbocycles. The van der Waals surface area contributed by atoms with Crippen LogP contribution in [0.15, 0.2) is 30.9 Å². The van der Waals surface area contributed by atoms with Gasteiger partial charge in [0.1, 0.15) is 0 Å². The average Bonchev–Trinajstić information content (AvgIpc) is 2.39. The van der Waals surface area contributed by atoms with Crippen LogP contribution in [0.3, 0.4) is 0 Å². The first-order valence-electron chi connectivity index (χ1n) is 6.08. The molecule has 5 heteroatoms. The van der Waals surface area contributed by atoms with Crippen LogP contribution in [-0.2, 0) is 11.3 Å². The van der Waals surface area contributed by atoms with Gasteiger partial charge in [-0.3, -0.25) is 4.79 Å².